The van der Waals surface area contributed by atoms with Gasteiger partial charge < -0.3 is 0 Å². The monoisotopic (exact) mass is 222 g/mol. The molecule has 1 nitrogen and oxygen atoms in total. The minimum atomic E-state index is 0.726. The lowest BCUT2D eigenvalue weighted by atomic mass is 9.95. The van der Waals surface area contributed by atoms with Crippen molar-refractivity contribution in [2.24, 2.45) is 0 Å². The van der Waals surface area contributed by atoms with Gasteiger partial charge >= 0.3 is 0 Å². The van der Waals surface area contributed by atoms with Crippen molar-refractivity contribution in [1.29, 1.82) is 0 Å². The average Bonchev–Trinajstić information content (AvgIpc) is 2.42. The van der Waals surface area contributed by atoms with Gasteiger partial charge in [0.05, 0.1) is 0 Å². The van der Waals surface area contributed by atoms with E-state index < -0.39 is 0 Å². The average molecular weight is 222 g/mol. The molecule has 0 aromatic heterocycles. The Balaban J connectivity index is 2.60. The van der Waals surface area contributed by atoms with Crippen LogP contribution in [0.15, 0.2) is 60.7 Å². The zero-order chi connectivity index (χ0) is 12.1. The van der Waals surface area contributed by atoms with Crippen molar-refractivity contribution in [3.63, 3.8) is 0 Å². The van der Waals surface area contributed by atoms with Gasteiger partial charge in [0.2, 0.25) is 0 Å². The Bertz CT molecular complexity index is 538. The largest absolute Gasteiger partial charge is 0.298 e. The van der Waals surface area contributed by atoms with E-state index in [1.54, 1.807) is 0 Å². The van der Waals surface area contributed by atoms with Crippen LogP contribution >= 0.6 is 0 Å². The maximum Gasteiger partial charge on any atom is 0.150 e. The Kier molecular flexibility index (Phi) is 3.51. The van der Waals surface area contributed by atoms with E-state index in [9.17, 15) is 4.79 Å². The third-order valence-corrected chi connectivity index (χ3v) is 2.76. The van der Waals surface area contributed by atoms with Crippen molar-refractivity contribution in [3.05, 3.63) is 66.2 Å². The summed E-state index contributed by atoms with van der Waals surface area (Å²) in [5.74, 6) is 0. The number of hydrogen-bond donors (Lipinski definition) is 0. The summed E-state index contributed by atoms with van der Waals surface area (Å²) in [6.07, 6.45) is 2.75. The van der Waals surface area contributed by atoms with Crippen molar-refractivity contribution in [2.45, 2.75) is 6.92 Å². The third kappa shape index (κ3) is 2.34. The molecule has 0 spiro atoms. The summed E-state index contributed by atoms with van der Waals surface area (Å²) >= 11 is 0. The van der Waals surface area contributed by atoms with Crippen LogP contribution in [0.1, 0.15) is 12.5 Å². The lowest BCUT2D eigenvalue weighted by molar-refractivity contribution is -0.103. The number of hydrogen-bond acceptors (Lipinski definition) is 1. The zero-order valence-electron chi connectivity index (χ0n) is 9.76. The molecule has 0 fully saturated rings. The molecule has 0 bridgehead atoms. The van der Waals surface area contributed by atoms with E-state index in [1.807, 2.05) is 55.5 Å². The van der Waals surface area contributed by atoms with Crippen LogP contribution in [0, 0.1) is 0 Å². The molecule has 0 atom stereocenters. The second-order valence-electron chi connectivity index (χ2n) is 3.77. The molecular formula is C16H14O. The summed E-state index contributed by atoms with van der Waals surface area (Å²) in [6, 6.07) is 18.1. The number of rotatable bonds is 3. The normalized spacial score (nSPS) is 11.2. The highest BCUT2D eigenvalue weighted by atomic mass is 16.1. The van der Waals surface area contributed by atoms with Gasteiger partial charge in [-0.15, -0.1) is 0 Å². The molecular weight excluding hydrogens is 208 g/mol. The fraction of sp³-hybridized carbons (Fsp3) is 0.0625. The molecule has 0 aliphatic carbocycles. The summed E-state index contributed by atoms with van der Waals surface area (Å²) in [6.45, 7) is 1.88. The molecule has 0 radical (unpaired) electrons. The summed E-state index contributed by atoms with van der Waals surface area (Å²) in [7, 11) is 0. The summed E-state index contributed by atoms with van der Waals surface area (Å²) in [4.78, 5) is 11.1. The molecule has 0 unspecified atom stereocenters. The number of carbonyl (C=O) groups is 1. The van der Waals surface area contributed by atoms with Crippen LogP contribution in [-0.2, 0) is 4.79 Å². The van der Waals surface area contributed by atoms with Gasteiger partial charge in [-0.05, 0) is 23.6 Å². The van der Waals surface area contributed by atoms with Gasteiger partial charge in [-0.3, -0.25) is 4.79 Å². The van der Waals surface area contributed by atoms with E-state index in [0.29, 0.717) is 0 Å². The van der Waals surface area contributed by atoms with Gasteiger partial charge in [0.1, 0.15) is 6.29 Å². The van der Waals surface area contributed by atoms with Gasteiger partial charge in [-0.25, -0.2) is 0 Å². The van der Waals surface area contributed by atoms with Crippen LogP contribution in [0.2, 0.25) is 0 Å². The minimum Gasteiger partial charge on any atom is -0.298 e. The molecule has 2 aromatic carbocycles. The third-order valence-electron chi connectivity index (χ3n) is 2.76. The smallest absolute Gasteiger partial charge is 0.150 e. The summed E-state index contributed by atoms with van der Waals surface area (Å²) in [5, 5.41) is 0. The topological polar surface area (TPSA) is 17.1 Å². The first kappa shape index (κ1) is 11.3. The predicted octanol–water partition coefficient (Wildman–Crippen LogP) is 3.96. The summed E-state index contributed by atoms with van der Waals surface area (Å²) < 4.78 is 0. The molecule has 1 heteroatoms. The Labute approximate surface area is 101 Å². The van der Waals surface area contributed by atoms with Crippen LogP contribution in [0.3, 0.4) is 0 Å². The van der Waals surface area contributed by atoms with Crippen LogP contribution in [0.4, 0.5) is 0 Å². The first-order valence-corrected chi connectivity index (χ1v) is 5.63. The fourth-order valence-corrected chi connectivity index (χ4v) is 1.89. The molecule has 0 amide bonds. The number of benzene rings is 2. The van der Waals surface area contributed by atoms with Gasteiger partial charge in [0, 0.05) is 5.57 Å². The molecule has 17 heavy (non-hydrogen) atoms. The van der Waals surface area contributed by atoms with E-state index in [2.05, 4.69) is 12.1 Å². The van der Waals surface area contributed by atoms with Crippen LogP contribution in [-0.4, -0.2) is 6.29 Å². The lowest BCUT2D eigenvalue weighted by Gasteiger charge is -2.09. The van der Waals surface area contributed by atoms with Gasteiger partial charge in [-0.2, -0.15) is 0 Å². The van der Waals surface area contributed by atoms with Crippen molar-refractivity contribution < 1.29 is 4.79 Å². The van der Waals surface area contributed by atoms with E-state index in [1.165, 1.54) is 0 Å². The zero-order valence-corrected chi connectivity index (χ0v) is 9.76. The Hall–Kier alpha value is -2.15. The first-order valence-electron chi connectivity index (χ1n) is 5.63. The Morgan fingerprint density at radius 2 is 1.59 bits per heavy atom. The van der Waals surface area contributed by atoms with Crippen LogP contribution in [0.25, 0.3) is 16.7 Å². The molecule has 0 saturated carbocycles. The first-order chi connectivity index (χ1) is 8.36. The van der Waals surface area contributed by atoms with E-state index in [4.69, 9.17) is 0 Å². The molecule has 0 heterocycles. The predicted molar refractivity (Wildman–Crippen MR) is 71.6 cm³/mol. The lowest BCUT2D eigenvalue weighted by Crippen LogP contribution is -1.90. The molecule has 2 aromatic rings. The highest BCUT2D eigenvalue weighted by Gasteiger charge is 2.06. The highest BCUT2D eigenvalue weighted by molar-refractivity contribution is 6.09. The highest BCUT2D eigenvalue weighted by Crippen LogP contribution is 2.27. The minimum absolute atomic E-state index is 0.726. The SMILES string of the molecule is CC=C(C=O)c1ccccc1-c1ccccc1. The van der Waals surface area contributed by atoms with Gasteiger partial charge in [-0.1, -0.05) is 60.7 Å². The number of aldehydes is 1. The van der Waals surface area contributed by atoms with E-state index in [-0.39, 0.29) is 0 Å². The molecule has 0 aliphatic heterocycles. The van der Waals surface area contributed by atoms with Crippen molar-refractivity contribution in [3.8, 4) is 11.1 Å². The van der Waals surface area contributed by atoms with Crippen molar-refractivity contribution in [1.82, 2.24) is 0 Å². The Morgan fingerprint density at radius 1 is 0.941 bits per heavy atom. The van der Waals surface area contributed by atoms with Gasteiger partial charge in [0.25, 0.3) is 0 Å². The van der Waals surface area contributed by atoms with Crippen molar-refractivity contribution >= 4 is 11.9 Å². The quantitative estimate of drug-likeness (QED) is 0.567. The molecule has 0 aliphatic rings. The second-order valence-corrected chi connectivity index (χ2v) is 3.77. The number of allylic oxidation sites excluding steroid dienone is 2. The van der Waals surface area contributed by atoms with E-state index in [0.717, 1.165) is 28.5 Å². The van der Waals surface area contributed by atoms with E-state index >= 15 is 0 Å². The Morgan fingerprint density at radius 3 is 2.24 bits per heavy atom. The summed E-state index contributed by atoms with van der Waals surface area (Å²) in [5.41, 5.74) is 3.93. The maximum absolute atomic E-state index is 11.1. The molecule has 2 rings (SSSR count). The van der Waals surface area contributed by atoms with Crippen LogP contribution < -0.4 is 0 Å². The number of carbonyl (C=O) groups excluding carboxylic acids is 1. The van der Waals surface area contributed by atoms with Gasteiger partial charge in [0.15, 0.2) is 0 Å². The van der Waals surface area contributed by atoms with Crippen LogP contribution in [0.5, 0.6) is 0 Å². The molecule has 0 saturated heterocycles. The van der Waals surface area contributed by atoms with Crippen molar-refractivity contribution in [2.75, 3.05) is 0 Å². The fourth-order valence-electron chi connectivity index (χ4n) is 1.89. The maximum atomic E-state index is 11.1. The molecule has 84 valence electrons. The standard InChI is InChI=1S/C16H14O/c1-2-13(12-17)15-10-6-7-11-16(15)14-8-4-3-5-9-14/h2-12H,1H3. The second kappa shape index (κ2) is 5.26. The molecule has 0 N–H and O–H groups in total.